The maximum atomic E-state index is 13.2. The number of benzene rings is 2. The minimum absolute atomic E-state index is 0.0950. The van der Waals surface area contributed by atoms with E-state index in [1.54, 1.807) is 24.3 Å². The van der Waals surface area contributed by atoms with Crippen LogP contribution in [0.5, 0.6) is 0 Å². The van der Waals surface area contributed by atoms with Crippen molar-refractivity contribution in [2.75, 3.05) is 13.7 Å². The number of aryl methyl sites for hydroxylation is 2. The molecule has 3 rings (SSSR count). The summed E-state index contributed by atoms with van der Waals surface area (Å²) in [5.74, 6) is -0.385. The number of rotatable bonds is 5. The lowest BCUT2D eigenvalue weighted by atomic mass is 10.0. The Balaban J connectivity index is 2.07. The van der Waals surface area contributed by atoms with Gasteiger partial charge in [-0.25, -0.2) is 8.42 Å². The van der Waals surface area contributed by atoms with Crippen molar-refractivity contribution in [2.45, 2.75) is 29.9 Å². The normalized spacial score (nSPS) is 25.4. The minimum Gasteiger partial charge on any atom is -0.383 e. The summed E-state index contributed by atoms with van der Waals surface area (Å²) in [7, 11) is -2.14. The van der Waals surface area contributed by atoms with Gasteiger partial charge in [0.15, 0.2) is 9.84 Å². The summed E-state index contributed by atoms with van der Waals surface area (Å²) in [5, 5.41) is 9.01. The summed E-state index contributed by atoms with van der Waals surface area (Å²) in [5.41, 5.74) is 1.91. The van der Waals surface area contributed by atoms with Crippen molar-refractivity contribution in [3.05, 3.63) is 65.2 Å². The standard InChI is InChI=1S/C20H21NO3S/c1-14-4-8-16(9-5-14)18-19(20(18,12-21)13-24-3)25(22,23)17-10-6-15(2)7-11-17/h4-11,18-19H,13H2,1-3H3/t18-,19-,20-/m1/s1. The summed E-state index contributed by atoms with van der Waals surface area (Å²) in [6.45, 7) is 3.98. The molecular weight excluding hydrogens is 334 g/mol. The number of methoxy groups -OCH3 is 1. The fourth-order valence-electron chi connectivity index (χ4n) is 3.56. The average Bonchev–Trinajstić information content (AvgIpc) is 3.26. The molecule has 0 radical (unpaired) electrons. The summed E-state index contributed by atoms with van der Waals surface area (Å²) < 4.78 is 31.6. The van der Waals surface area contributed by atoms with Crippen LogP contribution in [-0.4, -0.2) is 27.4 Å². The fourth-order valence-corrected chi connectivity index (χ4v) is 5.87. The van der Waals surface area contributed by atoms with Crippen LogP contribution in [0.15, 0.2) is 53.4 Å². The molecule has 130 valence electrons. The molecule has 0 aromatic heterocycles. The molecule has 2 aromatic rings. The van der Waals surface area contributed by atoms with Gasteiger partial charge < -0.3 is 4.74 Å². The van der Waals surface area contributed by atoms with Crippen molar-refractivity contribution in [1.29, 1.82) is 5.26 Å². The van der Waals surface area contributed by atoms with Crippen LogP contribution in [-0.2, 0) is 14.6 Å². The van der Waals surface area contributed by atoms with Gasteiger partial charge in [0.05, 0.1) is 22.8 Å². The van der Waals surface area contributed by atoms with Gasteiger partial charge in [0.1, 0.15) is 5.41 Å². The molecule has 4 nitrogen and oxygen atoms in total. The molecule has 25 heavy (non-hydrogen) atoms. The molecule has 5 heteroatoms. The minimum atomic E-state index is -3.63. The fraction of sp³-hybridized carbons (Fsp3) is 0.350. The average molecular weight is 355 g/mol. The molecule has 0 spiro atoms. The Labute approximate surface area is 149 Å². The van der Waals surface area contributed by atoms with E-state index in [1.807, 2.05) is 38.1 Å². The molecular formula is C20H21NO3S. The lowest BCUT2D eigenvalue weighted by Gasteiger charge is -2.08. The van der Waals surface area contributed by atoms with Gasteiger partial charge >= 0.3 is 0 Å². The Bertz CT molecular complexity index is 911. The van der Waals surface area contributed by atoms with E-state index in [4.69, 9.17) is 4.74 Å². The number of nitriles is 1. The Morgan fingerprint density at radius 3 is 2.04 bits per heavy atom. The largest absolute Gasteiger partial charge is 0.383 e. The monoisotopic (exact) mass is 355 g/mol. The molecule has 1 saturated carbocycles. The predicted octanol–water partition coefficient (Wildman–Crippen LogP) is 3.40. The van der Waals surface area contributed by atoms with E-state index in [2.05, 4.69) is 6.07 Å². The van der Waals surface area contributed by atoms with E-state index < -0.39 is 20.5 Å². The van der Waals surface area contributed by atoms with Gasteiger partial charge in [0.25, 0.3) is 0 Å². The molecule has 0 heterocycles. The summed E-state index contributed by atoms with van der Waals surface area (Å²) in [4.78, 5) is 0.258. The van der Waals surface area contributed by atoms with Crippen molar-refractivity contribution in [2.24, 2.45) is 5.41 Å². The molecule has 2 aromatic carbocycles. The van der Waals surface area contributed by atoms with Crippen molar-refractivity contribution in [3.63, 3.8) is 0 Å². The lowest BCUT2D eigenvalue weighted by Crippen LogP contribution is -2.19. The second-order valence-corrected chi connectivity index (χ2v) is 8.82. The maximum absolute atomic E-state index is 13.2. The molecule has 1 aliphatic carbocycles. The third-order valence-corrected chi connectivity index (χ3v) is 7.26. The van der Waals surface area contributed by atoms with Crippen LogP contribution < -0.4 is 0 Å². The number of hydrogen-bond acceptors (Lipinski definition) is 4. The van der Waals surface area contributed by atoms with Crippen LogP contribution in [0.1, 0.15) is 22.6 Å². The molecule has 0 amide bonds. The number of ether oxygens (including phenoxy) is 1. The molecule has 0 bridgehead atoms. The highest BCUT2D eigenvalue weighted by Crippen LogP contribution is 2.63. The van der Waals surface area contributed by atoms with Gasteiger partial charge in [-0.1, -0.05) is 47.5 Å². The van der Waals surface area contributed by atoms with Crippen molar-refractivity contribution in [3.8, 4) is 6.07 Å². The number of nitrogens with zero attached hydrogens (tertiary/aromatic N) is 1. The molecule has 1 fully saturated rings. The lowest BCUT2D eigenvalue weighted by molar-refractivity contribution is 0.162. The zero-order valence-electron chi connectivity index (χ0n) is 14.6. The first kappa shape index (κ1) is 17.7. The van der Waals surface area contributed by atoms with Crippen LogP contribution in [0.4, 0.5) is 0 Å². The van der Waals surface area contributed by atoms with Crippen LogP contribution in [0, 0.1) is 30.6 Å². The van der Waals surface area contributed by atoms with Crippen molar-refractivity contribution < 1.29 is 13.2 Å². The molecule has 0 aliphatic heterocycles. The molecule has 1 aliphatic rings. The Hall–Kier alpha value is -2.16. The first-order chi connectivity index (χ1) is 11.9. The highest BCUT2D eigenvalue weighted by molar-refractivity contribution is 7.92. The maximum Gasteiger partial charge on any atom is 0.183 e. The van der Waals surface area contributed by atoms with Gasteiger partial charge in [-0.2, -0.15) is 5.26 Å². The van der Waals surface area contributed by atoms with Crippen LogP contribution in [0.2, 0.25) is 0 Å². The molecule has 0 unspecified atom stereocenters. The Morgan fingerprint density at radius 1 is 1.04 bits per heavy atom. The first-order valence-corrected chi connectivity index (χ1v) is 9.69. The van der Waals surface area contributed by atoms with Crippen molar-refractivity contribution in [1.82, 2.24) is 0 Å². The first-order valence-electron chi connectivity index (χ1n) is 8.14. The molecule has 0 N–H and O–H groups in total. The second kappa shape index (κ2) is 6.29. The van der Waals surface area contributed by atoms with Gasteiger partial charge in [-0.15, -0.1) is 0 Å². The topological polar surface area (TPSA) is 67.2 Å². The zero-order valence-corrected chi connectivity index (χ0v) is 15.4. The second-order valence-electron chi connectivity index (χ2n) is 6.75. The Kier molecular flexibility index (Phi) is 4.44. The van der Waals surface area contributed by atoms with E-state index >= 15 is 0 Å². The summed E-state index contributed by atoms with van der Waals surface area (Å²) in [6.07, 6.45) is 0. The van der Waals surface area contributed by atoms with Gasteiger partial charge in [-0.05, 0) is 31.5 Å². The Morgan fingerprint density at radius 2 is 1.56 bits per heavy atom. The third kappa shape index (κ3) is 2.86. The van der Waals surface area contributed by atoms with Crippen molar-refractivity contribution >= 4 is 9.84 Å². The van der Waals surface area contributed by atoms with E-state index in [1.165, 1.54) is 7.11 Å². The van der Waals surface area contributed by atoms with Gasteiger partial charge in [0, 0.05) is 13.0 Å². The van der Waals surface area contributed by atoms with E-state index in [-0.39, 0.29) is 17.4 Å². The zero-order chi connectivity index (χ0) is 18.2. The number of sulfone groups is 1. The van der Waals surface area contributed by atoms with Crippen LogP contribution >= 0.6 is 0 Å². The summed E-state index contributed by atoms with van der Waals surface area (Å²) >= 11 is 0. The summed E-state index contributed by atoms with van der Waals surface area (Å²) in [6, 6.07) is 16.7. The smallest absolute Gasteiger partial charge is 0.183 e. The molecule has 3 atom stereocenters. The van der Waals surface area contributed by atoms with E-state index in [9.17, 15) is 13.7 Å². The molecule has 0 saturated heterocycles. The number of hydrogen-bond donors (Lipinski definition) is 0. The third-order valence-electron chi connectivity index (χ3n) is 4.97. The predicted molar refractivity (Wildman–Crippen MR) is 96.0 cm³/mol. The quantitative estimate of drug-likeness (QED) is 0.824. The van der Waals surface area contributed by atoms with E-state index in [0.29, 0.717) is 0 Å². The highest BCUT2D eigenvalue weighted by atomic mass is 32.2. The van der Waals surface area contributed by atoms with Crippen LogP contribution in [0.3, 0.4) is 0 Å². The van der Waals surface area contributed by atoms with E-state index in [0.717, 1.165) is 16.7 Å². The van der Waals surface area contributed by atoms with Gasteiger partial charge in [0.2, 0.25) is 0 Å². The van der Waals surface area contributed by atoms with Gasteiger partial charge in [-0.3, -0.25) is 0 Å². The highest BCUT2D eigenvalue weighted by Gasteiger charge is 2.72. The van der Waals surface area contributed by atoms with Crippen LogP contribution in [0.25, 0.3) is 0 Å². The SMILES string of the molecule is COC[C@]1(C#N)[C@H](c2ccc(C)cc2)[C@H]1S(=O)(=O)c1ccc(C)cc1.